The lowest BCUT2D eigenvalue weighted by Gasteiger charge is -2.05. The molecule has 0 saturated heterocycles. The summed E-state index contributed by atoms with van der Waals surface area (Å²) in [4.78, 5) is 10.4. The first-order valence-corrected chi connectivity index (χ1v) is 5.93. The summed E-state index contributed by atoms with van der Waals surface area (Å²) >= 11 is 0. The van der Waals surface area contributed by atoms with Gasteiger partial charge in [0.1, 0.15) is 11.3 Å². The summed E-state index contributed by atoms with van der Waals surface area (Å²) in [7, 11) is -3.71. The number of hydrogen-bond donors (Lipinski definition) is 3. The van der Waals surface area contributed by atoms with Crippen LogP contribution in [-0.4, -0.2) is 42.1 Å². The molecule has 1 aromatic rings. The first-order valence-electron chi connectivity index (χ1n) is 4.28. The summed E-state index contributed by atoms with van der Waals surface area (Å²) in [5.41, 5.74) is -0.487. The molecule has 0 heterocycles. The van der Waals surface area contributed by atoms with Gasteiger partial charge in [0, 0.05) is 0 Å². The van der Waals surface area contributed by atoms with Crippen LogP contribution >= 0.6 is 0 Å². The Kier molecular flexibility index (Phi) is 3.51. The highest BCUT2D eigenvalue weighted by molar-refractivity contribution is 7.91. The van der Waals surface area contributed by atoms with Crippen molar-refractivity contribution < 1.29 is 28.5 Å². The number of phenols is 1. The summed E-state index contributed by atoms with van der Waals surface area (Å²) in [6, 6.07) is 2.95. The molecule has 16 heavy (non-hydrogen) atoms. The van der Waals surface area contributed by atoms with E-state index >= 15 is 0 Å². The SMILES string of the molecule is O=C(O)c1cc(S(=O)(=O)CCO)ccc1O. The number of aliphatic hydroxyl groups excluding tert-OH is 1. The monoisotopic (exact) mass is 246 g/mol. The highest BCUT2D eigenvalue weighted by Gasteiger charge is 2.18. The quantitative estimate of drug-likeness (QED) is 0.681. The van der Waals surface area contributed by atoms with Crippen molar-refractivity contribution in [3.63, 3.8) is 0 Å². The van der Waals surface area contributed by atoms with E-state index in [-0.39, 0.29) is 4.90 Å². The maximum atomic E-state index is 11.5. The van der Waals surface area contributed by atoms with Gasteiger partial charge in [-0.15, -0.1) is 0 Å². The smallest absolute Gasteiger partial charge is 0.339 e. The molecule has 6 nitrogen and oxygen atoms in total. The Labute approximate surface area is 91.7 Å². The minimum absolute atomic E-state index is 0.239. The van der Waals surface area contributed by atoms with Gasteiger partial charge in [-0.2, -0.15) is 0 Å². The van der Waals surface area contributed by atoms with E-state index in [1.165, 1.54) is 0 Å². The minimum atomic E-state index is -3.71. The van der Waals surface area contributed by atoms with Crippen molar-refractivity contribution in [2.45, 2.75) is 4.90 Å². The molecular formula is C9H10O6S. The van der Waals surface area contributed by atoms with E-state index in [0.717, 1.165) is 18.2 Å². The molecule has 0 bridgehead atoms. The van der Waals surface area contributed by atoms with Crippen molar-refractivity contribution >= 4 is 15.8 Å². The fourth-order valence-electron chi connectivity index (χ4n) is 1.12. The molecule has 1 aromatic carbocycles. The molecule has 3 N–H and O–H groups in total. The summed E-state index contributed by atoms with van der Waals surface area (Å²) < 4.78 is 23.0. The summed E-state index contributed by atoms with van der Waals surface area (Å²) in [6.07, 6.45) is 0. The van der Waals surface area contributed by atoms with Crippen LogP contribution in [0.15, 0.2) is 23.1 Å². The molecule has 7 heteroatoms. The van der Waals surface area contributed by atoms with Crippen molar-refractivity contribution in [2.75, 3.05) is 12.4 Å². The lowest BCUT2D eigenvalue weighted by Crippen LogP contribution is -2.11. The lowest BCUT2D eigenvalue weighted by molar-refractivity contribution is 0.0693. The molecule has 0 radical (unpaired) electrons. The van der Waals surface area contributed by atoms with Gasteiger partial charge in [-0.3, -0.25) is 0 Å². The van der Waals surface area contributed by atoms with Gasteiger partial charge in [-0.1, -0.05) is 0 Å². The second-order valence-electron chi connectivity index (χ2n) is 3.03. The topological polar surface area (TPSA) is 112 Å². The zero-order valence-electron chi connectivity index (χ0n) is 8.12. The zero-order chi connectivity index (χ0) is 12.3. The molecule has 0 fully saturated rings. The summed E-state index contributed by atoms with van der Waals surface area (Å²) in [5.74, 6) is -2.41. The van der Waals surface area contributed by atoms with Crippen LogP contribution in [0.25, 0.3) is 0 Å². The van der Waals surface area contributed by atoms with Crippen LogP contribution in [0.3, 0.4) is 0 Å². The molecule has 0 aliphatic rings. The third kappa shape index (κ3) is 2.50. The molecule has 0 amide bonds. The zero-order valence-corrected chi connectivity index (χ0v) is 8.94. The van der Waals surface area contributed by atoms with Crippen LogP contribution in [0.2, 0.25) is 0 Å². The van der Waals surface area contributed by atoms with Gasteiger partial charge in [0.2, 0.25) is 0 Å². The molecule has 1 rings (SSSR count). The fourth-order valence-corrected chi connectivity index (χ4v) is 2.17. The fraction of sp³-hybridized carbons (Fsp3) is 0.222. The molecule has 0 atom stereocenters. The van der Waals surface area contributed by atoms with Gasteiger partial charge < -0.3 is 15.3 Å². The maximum Gasteiger partial charge on any atom is 0.339 e. The molecule has 0 aliphatic carbocycles. The van der Waals surface area contributed by atoms with Gasteiger partial charge in [-0.25, -0.2) is 13.2 Å². The maximum absolute atomic E-state index is 11.5. The van der Waals surface area contributed by atoms with Gasteiger partial charge in [0.15, 0.2) is 9.84 Å². The van der Waals surface area contributed by atoms with Gasteiger partial charge in [-0.05, 0) is 18.2 Å². The van der Waals surface area contributed by atoms with Crippen LogP contribution < -0.4 is 0 Å². The van der Waals surface area contributed by atoms with Crippen LogP contribution in [0.4, 0.5) is 0 Å². The molecule has 88 valence electrons. The predicted molar refractivity (Wildman–Crippen MR) is 54.2 cm³/mol. The Morgan fingerprint density at radius 1 is 1.31 bits per heavy atom. The van der Waals surface area contributed by atoms with Crippen LogP contribution in [-0.2, 0) is 9.84 Å². The van der Waals surface area contributed by atoms with Gasteiger partial charge in [0.05, 0.1) is 17.3 Å². The van der Waals surface area contributed by atoms with Crippen molar-refractivity contribution in [1.29, 1.82) is 0 Å². The van der Waals surface area contributed by atoms with E-state index in [4.69, 9.17) is 10.2 Å². The molecule has 0 saturated carbocycles. The van der Waals surface area contributed by atoms with Crippen molar-refractivity contribution in [2.24, 2.45) is 0 Å². The Morgan fingerprint density at radius 3 is 2.44 bits per heavy atom. The van der Waals surface area contributed by atoms with E-state index in [2.05, 4.69) is 0 Å². The third-order valence-corrected chi connectivity index (χ3v) is 3.61. The standard InChI is InChI=1S/C9H10O6S/c10-3-4-16(14,15)6-1-2-8(11)7(5-6)9(12)13/h1-2,5,10-11H,3-4H2,(H,12,13). The average Bonchev–Trinajstić information content (AvgIpc) is 2.17. The van der Waals surface area contributed by atoms with Crippen molar-refractivity contribution in [3.8, 4) is 5.75 Å². The first kappa shape index (κ1) is 12.5. The minimum Gasteiger partial charge on any atom is -0.507 e. The molecular weight excluding hydrogens is 236 g/mol. The Bertz CT molecular complexity index is 505. The largest absolute Gasteiger partial charge is 0.507 e. The van der Waals surface area contributed by atoms with E-state index in [0.29, 0.717) is 0 Å². The lowest BCUT2D eigenvalue weighted by atomic mass is 10.2. The van der Waals surface area contributed by atoms with Crippen molar-refractivity contribution in [3.05, 3.63) is 23.8 Å². The normalized spacial score (nSPS) is 11.3. The second-order valence-corrected chi connectivity index (χ2v) is 5.14. The van der Waals surface area contributed by atoms with Crippen LogP contribution in [0.5, 0.6) is 5.75 Å². The number of benzene rings is 1. The van der Waals surface area contributed by atoms with Gasteiger partial charge in [0.25, 0.3) is 0 Å². The number of aromatic hydroxyl groups is 1. The van der Waals surface area contributed by atoms with Crippen molar-refractivity contribution in [1.82, 2.24) is 0 Å². The number of carbonyl (C=O) groups is 1. The molecule has 0 aromatic heterocycles. The third-order valence-electron chi connectivity index (χ3n) is 1.92. The average molecular weight is 246 g/mol. The van der Waals surface area contributed by atoms with Gasteiger partial charge >= 0.3 is 5.97 Å². The Morgan fingerprint density at radius 2 is 1.94 bits per heavy atom. The number of hydrogen-bond acceptors (Lipinski definition) is 5. The van der Waals surface area contributed by atoms with E-state index in [1.54, 1.807) is 0 Å². The Balaban J connectivity index is 3.28. The highest BCUT2D eigenvalue weighted by Crippen LogP contribution is 2.21. The van der Waals surface area contributed by atoms with E-state index in [1.807, 2.05) is 0 Å². The number of rotatable bonds is 4. The second kappa shape index (κ2) is 4.50. The number of aliphatic hydroxyl groups is 1. The van der Waals surface area contributed by atoms with E-state index < -0.39 is 39.5 Å². The summed E-state index contributed by atoms with van der Waals surface area (Å²) in [6.45, 7) is -0.550. The highest BCUT2D eigenvalue weighted by atomic mass is 32.2. The predicted octanol–water partition coefficient (Wildman–Crippen LogP) is -0.144. The first-order chi connectivity index (χ1) is 7.38. The number of aromatic carboxylic acids is 1. The van der Waals surface area contributed by atoms with E-state index in [9.17, 15) is 18.3 Å². The number of sulfone groups is 1. The number of carboxylic acid groups (broad SMARTS) is 1. The molecule has 0 aliphatic heterocycles. The van der Waals surface area contributed by atoms with Crippen LogP contribution in [0.1, 0.15) is 10.4 Å². The Hall–Kier alpha value is -1.60. The summed E-state index contributed by atoms with van der Waals surface area (Å²) in [5, 5.41) is 26.4. The van der Waals surface area contributed by atoms with Crippen LogP contribution in [0, 0.1) is 0 Å². The molecule has 0 spiro atoms. The molecule has 0 unspecified atom stereocenters. The number of carboxylic acids is 1.